The Bertz CT molecular complexity index is 1490. The zero-order valence-electron chi connectivity index (χ0n) is 22.1. The van der Waals surface area contributed by atoms with E-state index in [2.05, 4.69) is 30.4 Å². The topological polar surface area (TPSA) is 115 Å². The van der Waals surface area contributed by atoms with Crippen molar-refractivity contribution in [3.63, 3.8) is 0 Å². The average Bonchev–Trinajstić information content (AvgIpc) is 3.60. The molecular weight excluding hydrogens is 529 g/mol. The van der Waals surface area contributed by atoms with Crippen molar-refractivity contribution < 1.29 is 27.1 Å². The van der Waals surface area contributed by atoms with Crippen molar-refractivity contribution >= 4 is 11.8 Å². The van der Waals surface area contributed by atoms with E-state index in [9.17, 15) is 18.0 Å². The Hall–Kier alpha value is -4.49. The van der Waals surface area contributed by atoms with Gasteiger partial charge in [0.15, 0.2) is 0 Å². The molecule has 1 aromatic carbocycles. The molecule has 5 rings (SSSR count). The number of carbonyl (C=O) groups excluding carboxylic acids is 1. The van der Waals surface area contributed by atoms with Gasteiger partial charge in [0, 0.05) is 43.6 Å². The fraction of sp³-hybridized carbons (Fsp3) is 0.385. The molecule has 1 amide bonds. The number of aromatic nitrogens is 6. The lowest BCUT2D eigenvalue weighted by atomic mass is 10.1. The van der Waals surface area contributed by atoms with E-state index < -0.39 is 23.7 Å². The molecule has 1 aliphatic rings. The fourth-order valence-electron chi connectivity index (χ4n) is 4.14. The number of pyridine rings is 1. The van der Waals surface area contributed by atoms with Crippen LogP contribution in [-0.4, -0.2) is 72.9 Å². The normalized spacial score (nSPS) is 14.2. The molecule has 1 fully saturated rings. The number of amides is 1. The average molecular weight is 557 g/mol. The van der Waals surface area contributed by atoms with Crippen LogP contribution in [0.25, 0.3) is 22.7 Å². The largest absolute Gasteiger partial charge is 0.444 e. The maximum Gasteiger partial charge on any atom is 0.410 e. The Kier molecular flexibility index (Phi) is 7.41. The van der Waals surface area contributed by atoms with Crippen molar-refractivity contribution in [3.05, 3.63) is 60.1 Å². The molecule has 0 atom stereocenters. The van der Waals surface area contributed by atoms with Crippen LogP contribution in [-0.2, 0) is 11.3 Å². The standard InChI is InChI=1S/C26H27F3N8O3/c1-26(2,3)40-25(38)36-9-7-35(8-10-36)18-6-4-5-16(11-18)20-14-37(34-31-20)15-21-19(27)12-17(13-30-21)23-32-33-24(39-23)22(28)29/h4-6,11-14,22H,7-10,15H2,1-3H3. The third-order valence-corrected chi connectivity index (χ3v) is 6.08. The Balaban J connectivity index is 1.23. The van der Waals surface area contributed by atoms with Crippen LogP contribution in [0.2, 0.25) is 0 Å². The lowest BCUT2D eigenvalue weighted by Gasteiger charge is -2.36. The van der Waals surface area contributed by atoms with Crippen molar-refractivity contribution in [1.29, 1.82) is 0 Å². The summed E-state index contributed by atoms with van der Waals surface area (Å²) < 4.78 is 51.9. The van der Waals surface area contributed by atoms with Gasteiger partial charge in [0.2, 0.25) is 5.89 Å². The van der Waals surface area contributed by atoms with E-state index in [0.29, 0.717) is 31.9 Å². The number of alkyl halides is 2. The minimum Gasteiger partial charge on any atom is -0.444 e. The highest BCUT2D eigenvalue weighted by Crippen LogP contribution is 2.26. The second-order valence-electron chi connectivity index (χ2n) is 10.2. The van der Waals surface area contributed by atoms with Gasteiger partial charge in [0.05, 0.1) is 24.0 Å². The summed E-state index contributed by atoms with van der Waals surface area (Å²) in [7, 11) is 0. The Labute approximate surface area is 227 Å². The maximum absolute atomic E-state index is 14.7. The zero-order chi connectivity index (χ0) is 28.4. The lowest BCUT2D eigenvalue weighted by Crippen LogP contribution is -2.50. The number of rotatable bonds is 6. The number of halogens is 3. The van der Waals surface area contributed by atoms with Crippen molar-refractivity contribution in [2.24, 2.45) is 0 Å². The van der Waals surface area contributed by atoms with Gasteiger partial charge in [-0.25, -0.2) is 13.9 Å². The summed E-state index contributed by atoms with van der Waals surface area (Å²) >= 11 is 0. The number of ether oxygens (including phenoxy) is 1. The Morgan fingerprint density at radius 3 is 2.52 bits per heavy atom. The molecule has 0 radical (unpaired) electrons. The van der Waals surface area contributed by atoms with Gasteiger partial charge in [-0.05, 0) is 39.0 Å². The minimum atomic E-state index is -2.92. The molecule has 1 aliphatic heterocycles. The molecule has 0 unspecified atom stereocenters. The van der Waals surface area contributed by atoms with Gasteiger partial charge in [-0.2, -0.15) is 8.78 Å². The van der Waals surface area contributed by atoms with Crippen LogP contribution in [0, 0.1) is 5.82 Å². The molecule has 0 N–H and O–H groups in total. The first-order chi connectivity index (χ1) is 19.1. The van der Waals surface area contributed by atoms with Crippen LogP contribution in [0.4, 0.5) is 23.7 Å². The summed E-state index contributed by atoms with van der Waals surface area (Å²) in [5, 5.41) is 15.1. The van der Waals surface area contributed by atoms with Gasteiger partial charge in [0.1, 0.15) is 17.1 Å². The van der Waals surface area contributed by atoms with Gasteiger partial charge >= 0.3 is 12.5 Å². The van der Waals surface area contributed by atoms with Gasteiger partial charge in [-0.1, -0.05) is 17.3 Å². The van der Waals surface area contributed by atoms with E-state index in [1.165, 1.54) is 10.9 Å². The number of nitrogens with zero attached hydrogens (tertiary/aromatic N) is 8. The van der Waals surface area contributed by atoms with E-state index in [0.717, 1.165) is 17.3 Å². The first kappa shape index (κ1) is 27.1. The van der Waals surface area contributed by atoms with Gasteiger partial charge in [0.25, 0.3) is 5.89 Å². The number of hydrogen-bond donors (Lipinski definition) is 0. The molecule has 0 saturated carbocycles. The quantitative estimate of drug-likeness (QED) is 0.337. The summed E-state index contributed by atoms with van der Waals surface area (Å²) in [5.41, 5.74) is 2.03. The first-order valence-electron chi connectivity index (χ1n) is 12.6. The van der Waals surface area contributed by atoms with Crippen molar-refractivity contribution in [2.45, 2.75) is 39.3 Å². The third-order valence-electron chi connectivity index (χ3n) is 6.08. The maximum atomic E-state index is 14.7. The predicted octanol–water partition coefficient (Wildman–Crippen LogP) is 4.57. The molecular formula is C26H27F3N8O3. The third kappa shape index (κ3) is 6.21. The number of carbonyl (C=O) groups is 1. The first-order valence-corrected chi connectivity index (χ1v) is 12.6. The smallest absolute Gasteiger partial charge is 0.410 e. The molecule has 4 aromatic rings. The number of benzene rings is 1. The SMILES string of the molecule is CC(C)(C)OC(=O)N1CCN(c2cccc(-c3cn(Cc4ncc(-c5nnc(C(F)F)o5)cc4F)nn3)c2)CC1. The van der Waals surface area contributed by atoms with Crippen LogP contribution in [0.1, 0.15) is 38.8 Å². The van der Waals surface area contributed by atoms with E-state index in [1.807, 2.05) is 45.0 Å². The molecule has 14 heteroatoms. The van der Waals surface area contributed by atoms with E-state index >= 15 is 0 Å². The van der Waals surface area contributed by atoms with Crippen molar-refractivity contribution in [2.75, 3.05) is 31.1 Å². The van der Waals surface area contributed by atoms with Crippen LogP contribution in [0.15, 0.2) is 47.1 Å². The van der Waals surface area contributed by atoms with Crippen LogP contribution < -0.4 is 4.90 Å². The van der Waals surface area contributed by atoms with Crippen LogP contribution >= 0.6 is 0 Å². The predicted molar refractivity (Wildman–Crippen MR) is 137 cm³/mol. The summed E-state index contributed by atoms with van der Waals surface area (Å²) in [6, 6.07) is 8.89. The second kappa shape index (κ2) is 10.9. The van der Waals surface area contributed by atoms with Crippen molar-refractivity contribution in [3.8, 4) is 22.7 Å². The highest BCUT2D eigenvalue weighted by molar-refractivity contribution is 5.69. The second-order valence-corrected chi connectivity index (χ2v) is 10.2. The molecule has 3 aromatic heterocycles. The van der Waals surface area contributed by atoms with Crippen LogP contribution in [0.3, 0.4) is 0 Å². The van der Waals surface area contributed by atoms with E-state index in [1.54, 1.807) is 11.1 Å². The number of hydrogen-bond acceptors (Lipinski definition) is 9. The highest BCUT2D eigenvalue weighted by atomic mass is 19.3. The molecule has 0 aliphatic carbocycles. The van der Waals surface area contributed by atoms with Gasteiger partial charge < -0.3 is 19.0 Å². The molecule has 210 valence electrons. The molecule has 4 heterocycles. The summed E-state index contributed by atoms with van der Waals surface area (Å²) in [5.74, 6) is -1.77. The van der Waals surface area contributed by atoms with E-state index in [-0.39, 0.29) is 29.8 Å². The lowest BCUT2D eigenvalue weighted by molar-refractivity contribution is 0.0240. The fourth-order valence-corrected chi connectivity index (χ4v) is 4.14. The molecule has 40 heavy (non-hydrogen) atoms. The number of anilines is 1. The minimum absolute atomic E-state index is 0.00243. The van der Waals surface area contributed by atoms with E-state index in [4.69, 9.17) is 9.15 Å². The monoisotopic (exact) mass is 556 g/mol. The molecule has 0 spiro atoms. The summed E-state index contributed by atoms with van der Waals surface area (Å²) in [4.78, 5) is 20.3. The van der Waals surface area contributed by atoms with Crippen LogP contribution in [0.5, 0.6) is 0 Å². The highest BCUT2D eigenvalue weighted by Gasteiger charge is 2.26. The molecule has 1 saturated heterocycles. The summed E-state index contributed by atoms with van der Waals surface area (Å²) in [6.07, 6.45) is -0.282. The Morgan fingerprint density at radius 2 is 1.85 bits per heavy atom. The van der Waals surface area contributed by atoms with Crippen molar-refractivity contribution in [1.82, 2.24) is 35.1 Å². The number of piperazine rings is 1. The Morgan fingerprint density at radius 1 is 1.07 bits per heavy atom. The molecule has 11 nitrogen and oxygen atoms in total. The zero-order valence-corrected chi connectivity index (χ0v) is 22.1. The molecule has 0 bridgehead atoms. The summed E-state index contributed by atoms with van der Waals surface area (Å²) in [6.45, 7) is 7.94. The van der Waals surface area contributed by atoms with Gasteiger partial charge in [-0.3, -0.25) is 4.98 Å². The van der Waals surface area contributed by atoms with Gasteiger partial charge in [-0.15, -0.1) is 15.3 Å².